The quantitative estimate of drug-likeness (QED) is 0.175. The van der Waals surface area contributed by atoms with Crippen LogP contribution in [0.3, 0.4) is 0 Å². The second kappa shape index (κ2) is 7.99. The Hall–Kier alpha value is -0.915. The maximum absolute atomic E-state index is 12.3. The zero-order valence-corrected chi connectivity index (χ0v) is 14.0. The Morgan fingerprint density at radius 2 is 0.885 bits per heavy atom. The third kappa shape index (κ3) is 4.31. The molecule has 3 radical (unpaired) electrons. The molecule has 0 aromatic carbocycles. The van der Waals surface area contributed by atoms with Gasteiger partial charge in [0, 0.05) is 34.1 Å². The number of hydrogen-bond acceptors (Lipinski definition) is 10. The van der Waals surface area contributed by atoms with Crippen LogP contribution in [0.15, 0.2) is 0 Å². The lowest BCUT2D eigenvalue weighted by molar-refractivity contribution is -0.179. The maximum Gasteiger partial charge on any atom is 0.172 e. The minimum absolute atomic E-state index is 0. The van der Waals surface area contributed by atoms with Crippen LogP contribution in [0.1, 0.15) is 32.1 Å². The monoisotopic (exact) mass is 375 g/mol. The van der Waals surface area contributed by atoms with Crippen molar-refractivity contribution in [3.05, 3.63) is 0 Å². The van der Waals surface area contributed by atoms with Crippen LogP contribution in [0.25, 0.3) is 0 Å². The van der Waals surface area contributed by atoms with Crippen molar-refractivity contribution in [1.82, 2.24) is 0 Å². The van der Waals surface area contributed by atoms with Gasteiger partial charge >= 0.3 is 0 Å². The van der Waals surface area contributed by atoms with Crippen LogP contribution < -0.4 is 0 Å². The highest BCUT2D eigenvalue weighted by Crippen LogP contribution is 2.34. The van der Waals surface area contributed by atoms with Gasteiger partial charge in [-0.25, -0.2) is 0 Å². The first-order valence-electron chi connectivity index (χ1n) is 7.99. The van der Waals surface area contributed by atoms with E-state index in [0.717, 1.165) is 0 Å². The Kier molecular flexibility index (Phi) is 7.10. The largest absolute Gasteiger partial charge is 0.390 e. The minimum atomic E-state index is -2.25. The van der Waals surface area contributed by atoms with E-state index >= 15 is 0 Å². The molecule has 0 bridgehead atoms. The van der Waals surface area contributed by atoms with Crippen LogP contribution in [0, 0.1) is 0 Å². The number of carbonyl (C=O) groups is 2. The van der Waals surface area contributed by atoms with Gasteiger partial charge in [-0.15, -0.1) is 0 Å². The summed E-state index contributed by atoms with van der Waals surface area (Å²) >= 11 is 0. The number of ketones is 2. The van der Waals surface area contributed by atoms with E-state index in [9.17, 15) is 50.4 Å². The Morgan fingerprint density at radius 1 is 0.654 bits per heavy atom. The molecular weight excluding hydrogens is 351 g/mol. The standard InChI is InChI=1S/C15H24O10.B/c16-6-2-14(24,3-7(17)12(6)22)10(20)1-11(21)15(25)4-8(18)13(23)9(19)5-15;/h6-9,12-13,16-19,22-25H,1-5H2;/t6-,7-,8-,9-,12?,13?,14?,15?;/m1./s1. The maximum atomic E-state index is 12.3. The van der Waals surface area contributed by atoms with Crippen molar-refractivity contribution in [2.45, 2.75) is 79.9 Å². The summed E-state index contributed by atoms with van der Waals surface area (Å²) in [4.78, 5) is 24.6. The van der Waals surface area contributed by atoms with E-state index in [2.05, 4.69) is 0 Å². The van der Waals surface area contributed by atoms with E-state index in [0.29, 0.717) is 0 Å². The molecule has 0 aromatic rings. The summed E-state index contributed by atoms with van der Waals surface area (Å²) in [6, 6.07) is 0. The molecule has 0 saturated heterocycles. The fourth-order valence-corrected chi connectivity index (χ4v) is 3.48. The lowest BCUT2D eigenvalue weighted by Crippen LogP contribution is -2.59. The van der Waals surface area contributed by atoms with Crippen LogP contribution in [0.4, 0.5) is 0 Å². The molecule has 10 nitrogen and oxygen atoms in total. The van der Waals surface area contributed by atoms with E-state index in [-0.39, 0.29) is 8.41 Å². The Morgan fingerprint density at radius 3 is 1.12 bits per heavy atom. The summed E-state index contributed by atoms with van der Waals surface area (Å²) in [6.07, 6.45) is -12.6. The van der Waals surface area contributed by atoms with Crippen LogP contribution in [0.5, 0.6) is 0 Å². The van der Waals surface area contributed by atoms with Crippen molar-refractivity contribution in [2.24, 2.45) is 0 Å². The number of carbonyl (C=O) groups excluding carboxylic acids is 2. The third-order valence-corrected chi connectivity index (χ3v) is 5.12. The number of aliphatic hydroxyl groups is 8. The molecule has 4 atom stereocenters. The highest BCUT2D eigenvalue weighted by Gasteiger charge is 2.52. The lowest BCUT2D eigenvalue weighted by atomic mass is 9.72. The topological polar surface area (TPSA) is 196 Å². The molecule has 0 heterocycles. The van der Waals surface area contributed by atoms with Crippen molar-refractivity contribution in [3.63, 3.8) is 0 Å². The molecule has 0 unspecified atom stereocenters. The average molecular weight is 375 g/mol. The number of hydrogen-bond donors (Lipinski definition) is 8. The molecule has 0 amide bonds. The van der Waals surface area contributed by atoms with Crippen molar-refractivity contribution < 1.29 is 50.4 Å². The predicted molar refractivity (Wildman–Crippen MR) is 84.8 cm³/mol. The summed E-state index contributed by atoms with van der Waals surface area (Å²) in [5.74, 6) is -2.13. The fourth-order valence-electron chi connectivity index (χ4n) is 3.48. The zero-order chi connectivity index (χ0) is 19.2. The van der Waals surface area contributed by atoms with Crippen LogP contribution >= 0.6 is 0 Å². The number of Topliss-reactive ketones (excluding diaryl/α,β-unsaturated/α-hetero) is 2. The van der Waals surface area contributed by atoms with Crippen molar-refractivity contribution in [3.8, 4) is 0 Å². The number of aliphatic hydroxyl groups excluding tert-OH is 6. The van der Waals surface area contributed by atoms with Crippen LogP contribution in [-0.2, 0) is 9.59 Å². The normalized spacial score (nSPS) is 46.3. The molecular formula is C15H24BO10. The molecule has 2 aliphatic carbocycles. The van der Waals surface area contributed by atoms with Gasteiger partial charge in [0.2, 0.25) is 0 Å². The molecule has 2 aliphatic rings. The van der Waals surface area contributed by atoms with E-state index in [1.54, 1.807) is 0 Å². The van der Waals surface area contributed by atoms with Crippen molar-refractivity contribution >= 4 is 20.0 Å². The molecule has 2 saturated carbocycles. The summed E-state index contributed by atoms with van der Waals surface area (Å²) in [7, 11) is 0. The molecule has 8 N–H and O–H groups in total. The van der Waals surface area contributed by atoms with Crippen LogP contribution in [-0.4, -0.2) is 109 Å². The highest BCUT2D eigenvalue weighted by molar-refractivity contribution is 6.06. The van der Waals surface area contributed by atoms with Crippen molar-refractivity contribution in [1.29, 1.82) is 0 Å². The van der Waals surface area contributed by atoms with Gasteiger partial charge < -0.3 is 40.9 Å². The first-order chi connectivity index (χ1) is 11.4. The van der Waals surface area contributed by atoms with Crippen molar-refractivity contribution in [2.75, 3.05) is 0 Å². The molecule has 2 rings (SSSR count). The molecule has 0 spiro atoms. The molecule has 11 heteroatoms. The highest BCUT2D eigenvalue weighted by atomic mass is 16.4. The first-order valence-corrected chi connectivity index (χ1v) is 7.99. The van der Waals surface area contributed by atoms with Crippen LogP contribution in [0.2, 0.25) is 0 Å². The average Bonchev–Trinajstić information content (AvgIpc) is 2.50. The zero-order valence-electron chi connectivity index (χ0n) is 14.0. The van der Waals surface area contributed by atoms with Gasteiger partial charge in [-0.1, -0.05) is 0 Å². The fraction of sp³-hybridized carbons (Fsp3) is 0.867. The van der Waals surface area contributed by atoms with E-state index in [1.807, 2.05) is 0 Å². The summed E-state index contributed by atoms with van der Waals surface area (Å²) in [5, 5.41) is 78.0. The Labute approximate surface area is 151 Å². The summed E-state index contributed by atoms with van der Waals surface area (Å²) in [6.45, 7) is 0. The lowest BCUT2D eigenvalue weighted by Gasteiger charge is -2.41. The van der Waals surface area contributed by atoms with Gasteiger partial charge in [0.1, 0.15) is 23.4 Å². The molecule has 147 valence electrons. The van der Waals surface area contributed by atoms with E-state index in [1.165, 1.54) is 0 Å². The Bertz CT molecular complexity index is 471. The predicted octanol–water partition coefficient (Wildman–Crippen LogP) is -4.65. The van der Waals surface area contributed by atoms with E-state index in [4.69, 9.17) is 0 Å². The number of rotatable bonds is 4. The second-order valence-corrected chi connectivity index (χ2v) is 7.15. The van der Waals surface area contributed by atoms with Gasteiger partial charge in [0.05, 0.1) is 30.8 Å². The second-order valence-electron chi connectivity index (χ2n) is 7.15. The SMILES string of the molecule is O=C(CC(=O)C1(O)C[C@@H](O)C(O)[C@H](O)C1)C1(O)C[C@@H](O)C(O)[C@H](O)C1.[B]. The summed E-state index contributed by atoms with van der Waals surface area (Å²) < 4.78 is 0. The van der Waals surface area contributed by atoms with Gasteiger partial charge in [-0.2, -0.15) is 0 Å². The van der Waals surface area contributed by atoms with Gasteiger partial charge in [-0.05, 0) is 0 Å². The molecule has 0 aromatic heterocycles. The molecule has 0 aliphatic heterocycles. The Balaban J connectivity index is 0.00000338. The smallest absolute Gasteiger partial charge is 0.172 e. The third-order valence-electron chi connectivity index (χ3n) is 5.12. The molecule has 26 heavy (non-hydrogen) atoms. The summed E-state index contributed by atoms with van der Waals surface area (Å²) in [5.41, 5.74) is -4.51. The minimum Gasteiger partial charge on any atom is -0.390 e. The first kappa shape index (κ1) is 23.1. The van der Waals surface area contributed by atoms with Gasteiger partial charge in [0.25, 0.3) is 0 Å². The molecule has 2 fully saturated rings. The van der Waals surface area contributed by atoms with E-state index < -0.39 is 91.5 Å². The van der Waals surface area contributed by atoms with Gasteiger partial charge in [-0.3, -0.25) is 9.59 Å². The van der Waals surface area contributed by atoms with Gasteiger partial charge in [0.15, 0.2) is 11.6 Å².